The van der Waals surface area contributed by atoms with Crippen molar-refractivity contribution in [3.8, 4) is 0 Å². The molecule has 0 spiro atoms. The van der Waals surface area contributed by atoms with E-state index in [1.165, 1.54) is 6.07 Å². The van der Waals surface area contributed by atoms with Crippen LogP contribution in [0, 0.1) is 3.57 Å². The Kier molecular flexibility index (Phi) is 2.29. The molecule has 0 atom stereocenters. The summed E-state index contributed by atoms with van der Waals surface area (Å²) in [5.41, 5.74) is 0.229. The van der Waals surface area contributed by atoms with Crippen molar-refractivity contribution in [1.29, 1.82) is 0 Å². The van der Waals surface area contributed by atoms with Crippen molar-refractivity contribution in [3.63, 3.8) is 0 Å². The quantitative estimate of drug-likeness (QED) is 0.553. The Bertz CT molecular complexity index is 518. The molecule has 0 fully saturated rings. The lowest BCUT2D eigenvalue weighted by atomic mass is 10.2. The van der Waals surface area contributed by atoms with Gasteiger partial charge in [-0.1, -0.05) is 11.6 Å². The SMILES string of the molecule is O=c1ccc2c(I)c(Cl)ccc2o1. The van der Waals surface area contributed by atoms with E-state index in [0.717, 1.165) is 8.96 Å². The molecule has 0 N–H and O–H groups in total. The molecule has 0 aliphatic rings. The van der Waals surface area contributed by atoms with Gasteiger partial charge in [0.15, 0.2) is 0 Å². The Morgan fingerprint density at radius 1 is 1.23 bits per heavy atom. The summed E-state index contributed by atoms with van der Waals surface area (Å²) in [5.74, 6) is 0. The van der Waals surface area contributed by atoms with Gasteiger partial charge in [0.2, 0.25) is 0 Å². The van der Waals surface area contributed by atoms with Gasteiger partial charge in [0.25, 0.3) is 0 Å². The van der Waals surface area contributed by atoms with Crippen molar-refractivity contribution in [2.45, 2.75) is 0 Å². The second-order valence-electron chi connectivity index (χ2n) is 2.53. The zero-order chi connectivity index (χ0) is 9.42. The van der Waals surface area contributed by atoms with Crippen LogP contribution in [-0.2, 0) is 0 Å². The summed E-state index contributed by atoms with van der Waals surface area (Å²) < 4.78 is 5.88. The lowest BCUT2D eigenvalue weighted by Gasteiger charge is -1.99. The molecule has 1 aromatic heterocycles. The number of hydrogen-bond acceptors (Lipinski definition) is 2. The Morgan fingerprint density at radius 2 is 2.00 bits per heavy atom. The summed E-state index contributed by atoms with van der Waals surface area (Å²) in [6, 6.07) is 6.52. The fourth-order valence-corrected chi connectivity index (χ4v) is 1.88. The minimum Gasteiger partial charge on any atom is -0.423 e. The molecule has 0 bridgehead atoms. The summed E-state index contributed by atoms with van der Waals surface area (Å²) in [6.07, 6.45) is 0. The van der Waals surface area contributed by atoms with Crippen LogP contribution in [-0.4, -0.2) is 0 Å². The predicted octanol–water partition coefficient (Wildman–Crippen LogP) is 3.05. The fraction of sp³-hybridized carbons (Fsp3) is 0. The molecule has 0 radical (unpaired) electrons. The van der Waals surface area contributed by atoms with Crippen molar-refractivity contribution >= 4 is 45.2 Å². The van der Waals surface area contributed by atoms with Gasteiger partial charge in [0.1, 0.15) is 5.58 Å². The van der Waals surface area contributed by atoms with Crippen LogP contribution >= 0.6 is 34.2 Å². The van der Waals surface area contributed by atoms with E-state index in [4.69, 9.17) is 16.0 Å². The first-order valence-electron chi connectivity index (χ1n) is 3.56. The minimum atomic E-state index is -0.342. The third kappa shape index (κ3) is 1.58. The normalized spacial score (nSPS) is 10.6. The smallest absolute Gasteiger partial charge is 0.336 e. The summed E-state index contributed by atoms with van der Waals surface area (Å²) >= 11 is 8.02. The summed E-state index contributed by atoms with van der Waals surface area (Å²) in [6.45, 7) is 0. The van der Waals surface area contributed by atoms with E-state index in [1.807, 2.05) is 0 Å². The standard InChI is InChI=1S/C9H4ClIO2/c10-6-2-3-7-5(9(6)11)1-4-8(12)13-7/h1-4H. The van der Waals surface area contributed by atoms with Gasteiger partial charge in [0.05, 0.1) is 5.02 Å². The molecule has 4 heteroatoms. The Balaban J connectivity index is 2.95. The van der Waals surface area contributed by atoms with E-state index >= 15 is 0 Å². The van der Waals surface area contributed by atoms with Gasteiger partial charge < -0.3 is 4.42 Å². The first kappa shape index (κ1) is 9.02. The van der Waals surface area contributed by atoms with Crippen molar-refractivity contribution in [3.05, 3.63) is 43.3 Å². The number of fused-ring (bicyclic) bond motifs is 1. The second-order valence-corrected chi connectivity index (χ2v) is 4.01. The highest BCUT2D eigenvalue weighted by atomic mass is 127. The number of hydrogen-bond donors (Lipinski definition) is 0. The zero-order valence-corrected chi connectivity index (χ0v) is 9.30. The molecule has 2 nitrogen and oxygen atoms in total. The van der Waals surface area contributed by atoms with Gasteiger partial charge >= 0.3 is 5.63 Å². The van der Waals surface area contributed by atoms with Gasteiger partial charge in [-0.3, -0.25) is 0 Å². The van der Waals surface area contributed by atoms with Crippen LogP contribution in [0.5, 0.6) is 0 Å². The Hall–Kier alpha value is -0.550. The summed E-state index contributed by atoms with van der Waals surface area (Å²) in [7, 11) is 0. The van der Waals surface area contributed by atoms with Crippen LogP contribution in [0.15, 0.2) is 33.5 Å². The molecule has 1 aromatic carbocycles. The minimum absolute atomic E-state index is 0.342. The van der Waals surface area contributed by atoms with Crippen molar-refractivity contribution in [1.82, 2.24) is 0 Å². The third-order valence-corrected chi connectivity index (χ3v) is 3.49. The molecule has 2 rings (SSSR count). The lowest BCUT2D eigenvalue weighted by molar-refractivity contribution is 0.561. The number of benzene rings is 1. The fourth-order valence-electron chi connectivity index (χ4n) is 1.09. The molecule has 0 saturated carbocycles. The van der Waals surface area contributed by atoms with Gasteiger partial charge in [0, 0.05) is 15.0 Å². The van der Waals surface area contributed by atoms with Gasteiger partial charge in [-0.05, 0) is 40.8 Å². The van der Waals surface area contributed by atoms with E-state index in [-0.39, 0.29) is 5.63 Å². The molecule has 1 heterocycles. The van der Waals surface area contributed by atoms with E-state index in [0.29, 0.717) is 10.6 Å². The number of rotatable bonds is 0. The van der Waals surface area contributed by atoms with E-state index in [1.54, 1.807) is 18.2 Å². The maximum absolute atomic E-state index is 10.9. The molecule has 66 valence electrons. The zero-order valence-electron chi connectivity index (χ0n) is 6.38. The van der Waals surface area contributed by atoms with E-state index < -0.39 is 0 Å². The Morgan fingerprint density at radius 3 is 2.77 bits per heavy atom. The average Bonchev–Trinajstić information content (AvgIpc) is 2.12. The first-order chi connectivity index (χ1) is 6.18. The van der Waals surface area contributed by atoms with E-state index in [9.17, 15) is 4.79 Å². The average molecular weight is 306 g/mol. The van der Waals surface area contributed by atoms with Crippen LogP contribution in [0.2, 0.25) is 5.02 Å². The van der Waals surface area contributed by atoms with Gasteiger partial charge in [-0.15, -0.1) is 0 Å². The van der Waals surface area contributed by atoms with Gasteiger partial charge in [-0.25, -0.2) is 4.79 Å². The molecule has 0 unspecified atom stereocenters. The first-order valence-corrected chi connectivity index (χ1v) is 5.02. The van der Waals surface area contributed by atoms with Crippen molar-refractivity contribution in [2.75, 3.05) is 0 Å². The molecular weight excluding hydrogens is 302 g/mol. The third-order valence-electron chi connectivity index (χ3n) is 1.69. The van der Waals surface area contributed by atoms with E-state index in [2.05, 4.69) is 22.6 Å². The van der Waals surface area contributed by atoms with Gasteiger partial charge in [-0.2, -0.15) is 0 Å². The maximum atomic E-state index is 10.9. The molecule has 0 saturated heterocycles. The van der Waals surface area contributed by atoms with Crippen LogP contribution in [0.3, 0.4) is 0 Å². The summed E-state index contributed by atoms with van der Waals surface area (Å²) in [5, 5.41) is 1.54. The summed E-state index contributed by atoms with van der Waals surface area (Å²) in [4.78, 5) is 10.9. The molecule has 2 aromatic rings. The topological polar surface area (TPSA) is 30.2 Å². The highest BCUT2D eigenvalue weighted by molar-refractivity contribution is 14.1. The lowest BCUT2D eigenvalue weighted by Crippen LogP contribution is -1.95. The molecule has 0 aliphatic carbocycles. The van der Waals surface area contributed by atoms with Crippen LogP contribution in [0.4, 0.5) is 0 Å². The van der Waals surface area contributed by atoms with Crippen LogP contribution in [0.1, 0.15) is 0 Å². The Labute approximate surface area is 92.6 Å². The highest BCUT2D eigenvalue weighted by Gasteiger charge is 2.04. The van der Waals surface area contributed by atoms with Crippen molar-refractivity contribution < 1.29 is 4.42 Å². The molecular formula is C9H4ClIO2. The largest absolute Gasteiger partial charge is 0.423 e. The van der Waals surface area contributed by atoms with Crippen molar-refractivity contribution in [2.24, 2.45) is 0 Å². The second kappa shape index (κ2) is 3.31. The number of halogens is 2. The van der Waals surface area contributed by atoms with Crippen LogP contribution < -0.4 is 5.63 Å². The molecule has 13 heavy (non-hydrogen) atoms. The molecule has 0 amide bonds. The monoisotopic (exact) mass is 306 g/mol. The van der Waals surface area contributed by atoms with Crippen LogP contribution in [0.25, 0.3) is 11.0 Å². The maximum Gasteiger partial charge on any atom is 0.336 e. The molecule has 0 aliphatic heterocycles. The predicted molar refractivity (Wildman–Crippen MR) is 60.2 cm³/mol. The highest BCUT2D eigenvalue weighted by Crippen LogP contribution is 2.26.